The SMILES string of the molecule is CC=C[SiH2]O[Si](O)(O)C=CC. The fourth-order valence-corrected chi connectivity index (χ4v) is 2.91. The molecule has 0 fully saturated rings. The molecule has 0 amide bonds. The van der Waals surface area contributed by atoms with Crippen molar-refractivity contribution < 1.29 is 13.7 Å². The lowest BCUT2D eigenvalue weighted by Crippen LogP contribution is -2.37. The molecule has 2 N–H and O–H groups in total. The first kappa shape index (κ1) is 10.8. The van der Waals surface area contributed by atoms with Crippen molar-refractivity contribution in [3.8, 4) is 0 Å². The van der Waals surface area contributed by atoms with Crippen LogP contribution in [0.2, 0.25) is 0 Å². The lowest BCUT2D eigenvalue weighted by Gasteiger charge is -2.11. The fraction of sp³-hybridized carbons (Fsp3) is 0.333. The van der Waals surface area contributed by atoms with E-state index in [9.17, 15) is 0 Å². The first-order valence-corrected chi connectivity index (χ1v) is 6.73. The fourth-order valence-electron chi connectivity index (χ4n) is 0.532. The van der Waals surface area contributed by atoms with Crippen molar-refractivity contribution >= 4 is 18.6 Å². The molecule has 0 aromatic heterocycles. The molecule has 0 bridgehead atoms. The molecule has 5 heteroatoms. The van der Waals surface area contributed by atoms with Crippen LogP contribution in [0.5, 0.6) is 0 Å². The maximum absolute atomic E-state index is 9.13. The first-order chi connectivity index (χ1) is 5.12. The minimum atomic E-state index is -3.41. The molecular weight excluding hydrogens is 176 g/mol. The Morgan fingerprint density at radius 1 is 1.27 bits per heavy atom. The summed E-state index contributed by atoms with van der Waals surface area (Å²) in [6.45, 7) is 3.61. The second-order valence-corrected chi connectivity index (χ2v) is 5.65. The van der Waals surface area contributed by atoms with Crippen LogP contribution in [-0.2, 0) is 4.12 Å². The van der Waals surface area contributed by atoms with Crippen LogP contribution in [0, 0.1) is 0 Å². The van der Waals surface area contributed by atoms with Crippen molar-refractivity contribution in [2.45, 2.75) is 13.8 Å². The molecule has 0 aliphatic carbocycles. The summed E-state index contributed by atoms with van der Waals surface area (Å²) in [5.74, 6) is 0. The van der Waals surface area contributed by atoms with E-state index in [4.69, 9.17) is 13.7 Å². The van der Waals surface area contributed by atoms with Crippen molar-refractivity contribution in [3.05, 3.63) is 23.6 Å². The topological polar surface area (TPSA) is 49.7 Å². The summed E-state index contributed by atoms with van der Waals surface area (Å²) in [5, 5.41) is 0. The predicted octanol–water partition coefficient (Wildman–Crippen LogP) is -0.341. The second kappa shape index (κ2) is 5.44. The molecule has 0 aromatic rings. The Bertz CT molecular complexity index is 154. The van der Waals surface area contributed by atoms with Crippen LogP contribution < -0.4 is 0 Å². The van der Waals surface area contributed by atoms with Gasteiger partial charge in [0.15, 0.2) is 9.76 Å². The van der Waals surface area contributed by atoms with Crippen LogP contribution in [0.25, 0.3) is 0 Å². The van der Waals surface area contributed by atoms with Gasteiger partial charge in [-0.05, 0) is 19.5 Å². The predicted molar refractivity (Wildman–Crippen MR) is 49.4 cm³/mol. The molecule has 0 heterocycles. The summed E-state index contributed by atoms with van der Waals surface area (Å²) in [4.78, 5) is 18.3. The lowest BCUT2D eigenvalue weighted by molar-refractivity contribution is 0.266. The molecule has 0 unspecified atom stereocenters. The lowest BCUT2D eigenvalue weighted by atomic mass is 10.8. The highest BCUT2D eigenvalue weighted by atomic mass is 28.4. The van der Waals surface area contributed by atoms with E-state index >= 15 is 0 Å². The van der Waals surface area contributed by atoms with Crippen LogP contribution in [0.1, 0.15) is 13.8 Å². The number of hydrogen-bond donors (Lipinski definition) is 2. The third-order valence-electron chi connectivity index (χ3n) is 1.01. The van der Waals surface area contributed by atoms with Gasteiger partial charge in [-0.1, -0.05) is 17.9 Å². The van der Waals surface area contributed by atoms with Crippen LogP contribution in [0.3, 0.4) is 0 Å². The van der Waals surface area contributed by atoms with Gasteiger partial charge in [0.2, 0.25) is 0 Å². The highest BCUT2D eigenvalue weighted by molar-refractivity contribution is 6.69. The van der Waals surface area contributed by atoms with E-state index in [2.05, 4.69) is 0 Å². The molecule has 11 heavy (non-hydrogen) atoms. The van der Waals surface area contributed by atoms with Gasteiger partial charge in [-0.2, -0.15) is 0 Å². The zero-order chi connectivity index (χ0) is 8.74. The minimum Gasteiger partial charge on any atom is -0.415 e. The normalized spacial score (nSPS) is 14.5. The summed E-state index contributed by atoms with van der Waals surface area (Å²) in [6, 6.07) is 0. The molecule has 0 saturated carbocycles. The van der Waals surface area contributed by atoms with E-state index in [1.807, 2.05) is 18.7 Å². The van der Waals surface area contributed by atoms with Gasteiger partial charge in [0.1, 0.15) is 0 Å². The Balaban J connectivity index is 3.72. The van der Waals surface area contributed by atoms with Crippen molar-refractivity contribution in [3.63, 3.8) is 0 Å². The van der Waals surface area contributed by atoms with E-state index in [1.165, 1.54) is 5.70 Å². The summed E-state index contributed by atoms with van der Waals surface area (Å²) >= 11 is 0. The molecule has 0 radical (unpaired) electrons. The summed E-state index contributed by atoms with van der Waals surface area (Å²) in [7, 11) is -4.29. The highest BCUT2D eigenvalue weighted by Gasteiger charge is 2.26. The largest absolute Gasteiger partial charge is 0.513 e. The average molecular weight is 190 g/mol. The molecular formula is C6H14O3Si2. The molecule has 0 aromatic carbocycles. The Labute approximate surface area is 70.3 Å². The number of hydrogen-bond acceptors (Lipinski definition) is 3. The number of allylic oxidation sites excluding steroid dienone is 2. The van der Waals surface area contributed by atoms with E-state index < -0.39 is 18.6 Å². The Hall–Kier alpha value is -0.206. The molecule has 0 rings (SSSR count). The van der Waals surface area contributed by atoms with Gasteiger partial charge in [0.25, 0.3) is 0 Å². The van der Waals surface area contributed by atoms with Crippen molar-refractivity contribution in [1.82, 2.24) is 0 Å². The first-order valence-electron chi connectivity index (χ1n) is 3.46. The van der Waals surface area contributed by atoms with E-state index in [1.54, 1.807) is 13.0 Å². The molecule has 0 aliphatic rings. The monoisotopic (exact) mass is 190 g/mol. The van der Waals surface area contributed by atoms with Gasteiger partial charge < -0.3 is 13.7 Å². The maximum atomic E-state index is 9.13. The molecule has 0 saturated heterocycles. The average Bonchev–Trinajstić information content (AvgIpc) is 1.87. The Kier molecular flexibility index (Phi) is 5.34. The molecule has 0 aliphatic heterocycles. The highest BCUT2D eigenvalue weighted by Crippen LogP contribution is 1.95. The van der Waals surface area contributed by atoms with E-state index in [0.717, 1.165) is 0 Å². The maximum Gasteiger partial charge on any atom is 0.513 e. The van der Waals surface area contributed by atoms with Gasteiger partial charge >= 0.3 is 8.80 Å². The molecule has 0 atom stereocenters. The number of rotatable bonds is 4. The molecule has 64 valence electrons. The zero-order valence-electron chi connectivity index (χ0n) is 6.82. The van der Waals surface area contributed by atoms with Crippen molar-refractivity contribution in [2.24, 2.45) is 0 Å². The van der Waals surface area contributed by atoms with E-state index in [-0.39, 0.29) is 0 Å². The Morgan fingerprint density at radius 2 is 1.91 bits per heavy atom. The van der Waals surface area contributed by atoms with Crippen molar-refractivity contribution in [2.75, 3.05) is 0 Å². The molecule has 0 spiro atoms. The van der Waals surface area contributed by atoms with Crippen molar-refractivity contribution in [1.29, 1.82) is 0 Å². The summed E-state index contributed by atoms with van der Waals surface area (Å²) in [5.41, 5.74) is 3.20. The van der Waals surface area contributed by atoms with Crippen LogP contribution in [0.4, 0.5) is 0 Å². The smallest absolute Gasteiger partial charge is 0.415 e. The van der Waals surface area contributed by atoms with Gasteiger partial charge in [-0.3, -0.25) is 0 Å². The van der Waals surface area contributed by atoms with Gasteiger partial charge in [-0.15, -0.1) is 0 Å². The quantitative estimate of drug-likeness (QED) is 0.596. The third kappa shape index (κ3) is 6.20. The zero-order valence-corrected chi connectivity index (χ0v) is 9.23. The van der Waals surface area contributed by atoms with Gasteiger partial charge in [0.05, 0.1) is 0 Å². The second-order valence-electron chi connectivity index (χ2n) is 2.04. The van der Waals surface area contributed by atoms with E-state index in [0.29, 0.717) is 0 Å². The van der Waals surface area contributed by atoms with Gasteiger partial charge in [-0.25, -0.2) is 0 Å². The summed E-state index contributed by atoms with van der Waals surface area (Å²) in [6.07, 6.45) is 3.45. The minimum absolute atomic E-state index is 0.883. The van der Waals surface area contributed by atoms with Crippen LogP contribution in [0.15, 0.2) is 23.6 Å². The third-order valence-corrected chi connectivity index (χ3v) is 4.81. The summed E-state index contributed by atoms with van der Waals surface area (Å²) < 4.78 is 4.93. The van der Waals surface area contributed by atoms with Crippen LogP contribution in [-0.4, -0.2) is 28.2 Å². The standard InChI is InChI=1S/C6H14O3Si2/c1-3-5-10-9-11(7,8)6-4-2/h3-8H,10H2,1-2H3. The van der Waals surface area contributed by atoms with Crippen LogP contribution >= 0.6 is 0 Å². The Morgan fingerprint density at radius 3 is 2.36 bits per heavy atom. The van der Waals surface area contributed by atoms with Gasteiger partial charge in [0, 0.05) is 0 Å². The molecule has 3 nitrogen and oxygen atoms in total.